The molecule has 32 heavy (non-hydrogen) atoms. The molecular formula is C26H28N4OS. The number of hydrogen-bond donors (Lipinski definition) is 2. The maximum absolute atomic E-state index is 5.83. The van der Waals surface area contributed by atoms with E-state index < -0.39 is 0 Å². The van der Waals surface area contributed by atoms with Crippen LogP contribution in [0, 0.1) is 13.8 Å². The van der Waals surface area contributed by atoms with E-state index in [1.165, 1.54) is 27.7 Å². The lowest BCUT2D eigenvalue weighted by atomic mass is 10.1. The molecule has 2 heterocycles. The molecule has 0 spiro atoms. The summed E-state index contributed by atoms with van der Waals surface area (Å²) in [6.07, 6.45) is 2.69. The molecule has 0 fully saturated rings. The predicted octanol–water partition coefficient (Wildman–Crippen LogP) is 5.63. The highest BCUT2D eigenvalue weighted by molar-refractivity contribution is 7.80. The van der Waals surface area contributed by atoms with Crippen LogP contribution >= 0.6 is 12.2 Å². The maximum atomic E-state index is 5.83. The zero-order valence-electron chi connectivity index (χ0n) is 18.7. The molecule has 0 amide bonds. The summed E-state index contributed by atoms with van der Waals surface area (Å²) >= 11 is 5.83. The van der Waals surface area contributed by atoms with Gasteiger partial charge in [-0.05, 0) is 74.4 Å². The molecule has 0 saturated carbocycles. The van der Waals surface area contributed by atoms with Gasteiger partial charge in [-0.25, -0.2) is 0 Å². The van der Waals surface area contributed by atoms with Gasteiger partial charge in [-0.2, -0.15) is 0 Å². The van der Waals surface area contributed by atoms with Crippen molar-refractivity contribution in [3.8, 4) is 5.75 Å². The second-order valence-corrected chi connectivity index (χ2v) is 8.29. The molecule has 164 valence electrons. The zero-order valence-corrected chi connectivity index (χ0v) is 19.5. The van der Waals surface area contributed by atoms with Crippen molar-refractivity contribution < 1.29 is 4.74 Å². The minimum atomic E-state index is 0.627. The SMILES string of the molecule is COc1ccccc1NC(=S)N(CCc1c(C)[nH]c2ccc(C)cc12)Cc1ccccn1. The van der Waals surface area contributed by atoms with Gasteiger partial charge in [0.1, 0.15) is 5.75 Å². The minimum Gasteiger partial charge on any atom is -0.495 e. The number of H-pyrrole nitrogens is 1. The fraction of sp³-hybridized carbons (Fsp3) is 0.231. The van der Waals surface area contributed by atoms with E-state index in [4.69, 9.17) is 17.0 Å². The Bertz CT molecular complexity index is 1220. The molecule has 0 unspecified atom stereocenters. The van der Waals surface area contributed by atoms with Crippen molar-refractivity contribution in [1.82, 2.24) is 14.9 Å². The van der Waals surface area contributed by atoms with Crippen LogP contribution in [0.15, 0.2) is 66.9 Å². The number of rotatable bonds is 7. The molecule has 2 aromatic heterocycles. The second kappa shape index (κ2) is 9.83. The summed E-state index contributed by atoms with van der Waals surface area (Å²) in [7, 11) is 1.66. The summed E-state index contributed by atoms with van der Waals surface area (Å²) in [5.74, 6) is 0.760. The number of benzene rings is 2. The van der Waals surface area contributed by atoms with Crippen molar-refractivity contribution in [2.75, 3.05) is 19.0 Å². The molecule has 0 bridgehead atoms. The fourth-order valence-electron chi connectivity index (χ4n) is 3.95. The van der Waals surface area contributed by atoms with Crippen molar-refractivity contribution in [3.05, 3.63) is 89.4 Å². The largest absolute Gasteiger partial charge is 0.495 e. The Hall–Kier alpha value is -3.38. The summed E-state index contributed by atoms with van der Waals surface area (Å²) in [4.78, 5) is 10.2. The molecule has 0 atom stereocenters. The van der Waals surface area contributed by atoms with Crippen LogP contribution in [-0.4, -0.2) is 33.6 Å². The molecule has 4 rings (SSSR count). The monoisotopic (exact) mass is 444 g/mol. The van der Waals surface area contributed by atoms with Crippen LogP contribution in [0.1, 0.15) is 22.5 Å². The molecule has 6 heteroatoms. The third-order valence-electron chi connectivity index (χ3n) is 5.62. The van der Waals surface area contributed by atoms with Gasteiger partial charge in [0.05, 0.1) is 25.0 Å². The van der Waals surface area contributed by atoms with Gasteiger partial charge in [0.25, 0.3) is 0 Å². The van der Waals surface area contributed by atoms with E-state index in [0.717, 1.165) is 30.1 Å². The molecule has 5 nitrogen and oxygen atoms in total. The Morgan fingerprint density at radius 2 is 1.91 bits per heavy atom. The average molecular weight is 445 g/mol. The highest BCUT2D eigenvalue weighted by atomic mass is 32.1. The van der Waals surface area contributed by atoms with Crippen molar-refractivity contribution in [1.29, 1.82) is 0 Å². The fourth-order valence-corrected chi connectivity index (χ4v) is 4.21. The first kappa shape index (κ1) is 21.8. The van der Waals surface area contributed by atoms with Crippen LogP contribution in [-0.2, 0) is 13.0 Å². The maximum Gasteiger partial charge on any atom is 0.173 e. The molecule has 0 radical (unpaired) electrons. The topological polar surface area (TPSA) is 53.2 Å². The van der Waals surface area contributed by atoms with E-state index in [2.05, 4.69) is 52.2 Å². The third kappa shape index (κ3) is 4.92. The summed E-state index contributed by atoms with van der Waals surface area (Å²) in [6.45, 7) is 5.66. The number of anilines is 1. The Labute approximate surface area is 194 Å². The predicted molar refractivity (Wildman–Crippen MR) is 135 cm³/mol. The quantitative estimate of drug-likeness (QED) is 0.362. The second-order valence-electron chi connectivity index (χ2n) is 7.90. The van der Waals surface area contributed by atoms with E-state index in [-0.39, 0.29) is 0 Å². The summed E-state index contributed by atoms with van der Waals surface area (Å²) in [5, 5.41) is 5.30. The lowest BCUT2D eigenvalue weighted by Crippen LogP contribution is -2.36. The Morgan fingerprint density at radius 3 is 2.69 bits per heavy atom. The van der Waals surface area contributed by atoms with Crippen LogP contribution < -0.4 is 10.1 Å². The number of methoxy groups -OCH3 is 1. The number of aromatic amines is 1. The molecule has 4 aromatic rings. The van der Waals surface area contributed by atoms with Crippen LogP contribution in [0.25, 0.3) is 10.9 Å². The first-order valence-electron chi connectivity index (χ1n) is 10.7. The summed E-state index contributed by atoms with van der Waals surface area (Å²) < 4.78 is 5.48. The van der Waals surface area contributed by atoms with Crippen molar-refractivity contribution in [2.45, 2.75) is 26.8 Å². The Kier molecular flexibility index (Phi) is 6.71. The normalized spacial score (nSPS) is 10.8. The van der Waals surface area contributed by atoms with Crippen LogP contribution in [0.5, 0.6) is 5.75 Å². The molecular weight excluding hydrogens is 416 g/mol. The van der Waals surface area contributed by atoms with E-state index in [1.807, 2.05) is 48.7 Å². The zero-order chi connectivity index (χ0) is 22.5. The number of pyridine rings is 1. The number of aryl methyl sites for hydroxylation is 2. The van der Waals surface area contributed by atoms with Gasteiger partial charge in [0, 0.05) is 29.3 Å². The number of ether oxygens (including phenoxy) is 1. The van der Waals surface area contributed by atoms with Crippen LogP contribution in [0.2, 0.25) is 0 Å². The van der Waals surface area contributed by atoms with Crippen molar-refractivity contribution in [3.63, 3.8) is 0 Å². The highest BCUT2D eigenvalue weighted by Gasteiger charge is 2.16. The molecule has 2 N–H and O–H groups in total. The molecule has 0 aliphatic heterocycles. The van der Waals surface area contributed by atoms with Gasteiger partial charge in [-0.3, -0.25) is 4.98 Å². The number of thiocarbonyl (C=S) groups is 1. The van der Waals surface area contributed by atoms with Crippen molar-refractivity contribution in [2.24, 2.45) is 0 Å². The molecule has 2 aromatic carbocycles. The lowest BCUT2D eigenvalue weighted by molar-refractivity contribution is 0.412. The number of fused-ring (bicyclic) bond motifs is 1. The van der Waals surface area contributed by atoms with E-state index in [1.54, 1.807) is 7.11 Å². The van der Waals surface area contributed by atoms with Crippen LogP contribution in [0.3, 0.4) is 0 Å². The van der Waals surface area contributed by atoms with E-state index in [0.29, 0.717) is 11.7 Å². The first-order valence-corrected chi connectivity index (χ1v) is 11.1. The number of nitrogens with zero attached hydrogens (tertiary/aromatic N) is 2. The third-order valence-corrected chi connectivity index (χ3v) is 5.98. The standard InChI is InChI=1S/C26H28N4OS/c1-18-11-12-23-22(16-18)21(19(2)28-23)13-15-30(17-20-8-6-7-14-27-20)26(32)29-24-9-4-5-10-25(24)31-3/h4-12,14,16,28H,13,15,17H2,1-3H3,(H,29,32). The van der Waals surface area contributed by atoms with Gasteiger partial charge < -0.3 is 19.9 Å². The summed E-state index contributed by atoms with van der Waals surface area (Å²) in [5.41, 5.74) is 6.79. The van der Waals surface area contributed by atoms with E-state index in [9.17, 15) is 0 Å². The van der Waals surface area contributed by atoms with Gasteiger partial charge >= 0.3 is 0 Å². The Morgan fingerprint density at radius 1 is 1.09 bits per heavy atom. The average Bonchev–Trinajstić information content (AvgIpc) is 3.11. The van der Waals surface area contributed by atoms with Gasteiger partial charge in [-0.15, -0.1) is 0 Å². The number of nitrogens with one attached hydrogen (secondary N) is 2. The summed E-state index contributed by atoms with van der Waals surface area (Å²) in [6, 6.07) is 20.3. The van der Waals surface area contributed by atoms with Crippen LogP contribution in [0.4, 0.5) is 5.69 Å². The highest BCUT2D eigenvalue weighted by Crippen LogP contribution is 2.26. The number of hydrogen-bond acceptors (Lipinski definition) is 3. The van der Waals surface area contributed by atoms with Gasteiger partial charge in [0.15, 0.2) is 5.11 Å². The van der Waals surface area contributed by atoms with Gasteiger partial charge in [-0.1, -0.05) is 29.8 Å². The Balaban J connectivity index is 1.58. The molecule has 0 aliphatic rings. The molecule has 0 aliphatic carbocycles. The smallest absolute Gasteiger partial charge is 0.173 e. The minimum absolute atomic E-state index is 0.627. The van der Waals surface area contributed by atoms with Crippen molar-refractivity contribution >= 4 is 33.9 Å². The lowest BCUT2D eigenvalue weighted by Gasteiger charge is -2.26. The molecule has 0 saturated heterocycles. The number of para-hydroxylation sites is 2. The first-order chi connectivity index (χ1) is 15.5. The van der Waals surface area contributed by atoms with Gasteiger partial charge in [0.2, 0.25) is 0 Å². The van der Waals surface area contributed by atoms with E-state index >= 15 is 0 Å². The number of aromatic nitrogens is 2.